The van der Waals surface area contributed by atoms with Crippen molar-refractivity contribution in [1.82, 2.24) is 10.3 Å². The Bertz CT molecular complexity index is 967. The summed E-state index contributed by atoms with van der Waals surface area (Å²) in [5, 5.41) is 19.4. The maximum Gasteiger partial charge on any atom is 0.355 e. The minimum Gasteiger partial charge on any atom is -0.481 e. The van der Waals surface area contributed by atoms with Crippen molar-refractivity contribution in [1.29, 1.82) is 5.41 Å². The van der Waals surface area contributed by atoms with Crippen molar-refractivity contribution in [2.45, 2.75) is 19.3 Å². The molecule has 0 unspecified atom stereocenters. The van der Waals surface area contributed by atoms with Gasteiger partial charge >= 0.3 is 11.9 Å². The first-order chi connectivity index (χ1) is 14.8. The number of aromatic nitrogens is 1. The Morgan fingerprint density at radius 1 is 1.26 bits per heavy atom. The third-order valence-electron chi connectivity index (χ3n) is 4.84. The highest BCUT2D eigenvalue weighted by molar-refractivity contribution is 7.17. The van der Waals surface area contributed by atoms with Crippen molar-refractivity contribution in [3.63, 3.8) is 0 Å². The van der Waals surface area contributed by atoms with Crippen molar-refractivity contribution < 1.29 is 24.2 Å². The number of nitrogens with zero attached hydrogens (tertiary/aromatic N) is 2. The van der Waals surface area contributed by atoms with Crippen molar-refractivity contribution in [2.24, 2.45) is 11.7 Å². The Balaban J connectivity index is 1.50. The third kappa shape index (κ3) is 6.01. The van der Waals surface area contributed by atoms with E-state index in [9.17, 15) is 14.4 Å². The Hall–Kier alpha value is -3.47. The molecule has 0 spiro atoms. The van der Waals surface area contributed by atoms with Crippen LogP contribution in [0.25, 0.3) is 0 Å². The van der Waals surface area contributed by atoms with Crippen LogP contribution >= 0.6 is 11.3 Å². The van der Waals surface area contributed by atoms with Crippen LogP contribution in [0.1, 0.15) is 34.5 Å². The van der Waals surface area contributed by atoms with Gasteiger partial charge in [0, 0.05) is 31.1 Å². The van der Waals surface area contributed by atoms with Crippen LogP contribution in [0.5, 0.6) is 5.75 Å². The first-order valence-corrected chi connectivity index (χ1v) is 10.5. The van der Waals surface area contributed by atoms with Crippen LogP contribution in [0.4, 0.5) is 5.13 Å². The molecule has 1 saturated heterocycles. The lowest BCUT2D eigenvalue weighted by molar-refractivity contribution is -0.137. The number of nitrogens with one attached hydrogen (secondary N) is 2. The second-order valence-corrected chi connectivity index (χ2v) is 8.04. The molecule has 5 N–H and O–H groups in total. The number of ether oxygens (including phenoxy) is 1. The maximum atomic E-state index is 12.4. The van der Waals surface area contributed by atoms with Crippen molar-refractivity contribution in [3.8, 4) is 5.75 Å². The quantitative estimate of drug-likeness (QED) is 0.206. The monoisotopic (exact) mass is 445 g/mol. The van der Waals surface area contributed by atoms with Gasteiger partial charge in [0.15, 0.2) is 5.13 Å². The number of carbonyl (C=O) groups is 3. The molecule has 1 aliphatic rings. The Morgan fingerprint density at radius 2 is 1.94 bits per heavy atom. The van der Waals surface area contributed by atoms with Gasteiger partial charge < -0.3 is 25.8 Å². The van der Waals surface area contributed by atoms with Gasteiger partial charge in [-0.3, -0.25) is 15.0 Å². The fourth-order valence-corrected chi connectivity index (χ4v) is 3.98. The summed E-state index contributed by atoms with van der Waals surface area (Å²) in [5.41, 5.74) is 5.95. The highest BCUT2D eigenvalue weighted by Crippen LogP contribution is 2.28. The van der Waals surface area contributed by atoms with E-state index >= 15 is 0 Å². The molecule has 0 atom stereocenters. The van der Waals surface area contributed by atoms with Crippen LogP contribution in [-0.4, -0.2) is 53.4 Å². The molecule has 2 aromatic rings. The number of nitrogen functional groups attached to an aromatic ring is 1. The average Bonchev–Trinajstić information content (AvgIpc) is 3.24. The number of carboxylic acids is 1. The van der Waals surface area contributed by atoms with E-state index in [1.54, 1.807) is 24.3 Å². The number of nitrogens with two attached hydrogens (primary N) is 1. The molecular weight excluding hydrogens is 422 g/mol. The van der Waals surface area contributed by atoms with E-state index in [-0.39, 0.29) is 30.6 Å². The molecule has 11 heteroatoms. The SMILES string of the molecule is N=C(N)c1ccc(OC(=O)c2cnc(N3CCC(C(=O)NCCC(=O)O)CC3)s2)cc1. The summed E-state index contributed by atoms with van der Waals surface area (Å²) in [6.45, 7) is 1.36. The Kier molecular flexibility index (Phi) is 7.19. The number of anilines is 1. The number of carbonyl (C=O) groups excluding carboxylic acids is 2. The predicted octanol–water partition coefficient (Wildman–Crippen LogP) is 1.45. The van der Waals surface area contributed by atoms with Gasteiger partial charge in [-0.25, -0.2) is 9.78 Å². The standard InChI is InChI=1S/C20H23N5O5S/c21-17(22)12-1-3-14(4-2-12)30-19(29)15-11-24-20(31-15)25-9-6-13(7-10-25)18(28)23-8-5-16(26)27/h1-4,11,13H,5-10H2,(H3,21,22)(H,23,28)(H,26,27). The summed E-state index contributed by atoms with van der Waals surface area (Å²) in [5.74, 6) is -1.47. The molecule has 164 valence electrons. The molecule has 1 amide bonds. The predicted molar refractivity (Wildman–Crippen MR) is 115 cm³/mol. The fraction of sp³-hybridized carbons (Fsp3) is 0.350. The average molecular weight is 446 g/mol. The highest BCUT2D eigenvalue weighted by Gasteiger charge is 2.27. The zero-order valence-corrected chi connectivity index (χ0v) is 17.5. The number of hydrogen-bond donors (Lipinski definition) is 4. The number of amidine groups is 1. The summed E-state index contributed by atoms with van der Waals surface area (Å²) >= 11 is 1.22. The molecule has 2 heterocycles. The molecule has 0 aliphatic carbocycles. The van der Waals surface area contributed by atoms with E-state index in [0.717, 1.165) is 0 Å². The summed E-state index contributed by atoms with van der Waals surface area (Å²) in [4.78, 5) is 41.7. The summed E-state index contributed by atoms with van der Waals surface area (Å²) in [7, 11) is 0. The molecule has 1 aromatic carbocycles. The fourth-order valence-electron chi connectivity index (χ4n) is 3.14. The lowest BCUT2D eigenvalue weighted by Gasteiger charge is -2.30. The van der Waals surface area contributed by atoms with Crippen LogP contribution in [-0.2, 0) is 9.59 Å². The van der Waals surface area contributed by atoms with E-state index in [1.807, 2.05) is 4.90 Å². The maximum absolute atomic E-state index is 12.4. The van der Waals surface area contributed by atoms with Gasteiger partial charge in [-0.15, -0.1) is 0 Å². The van der Waals surface area contributed by atoms with E-state index in [4.69, 9.17) is 21.0 Å². The van der Waals surface area contributed by atoms with E-state index in [2.05, 4.69) is 10.3 Å². The summed E-state index contributed by atoms with van der Waals surface area (Å²) < 4.78 is 5.35. The first-order valence-electron chi connectivity index (χ1n) is 9.70. The van der Waals surface area contributed by atoms with Gasteiger partial charge in [-0.05, 0) is 37.1 Å². The van der Waals surface area contributed by atoms with Crippen LogP contribution in [0.2, 0.25) is 0 Å². The molecule has 3 rings (SSSR count). The van der Waals surface area contributed by atoms with E-state index < -0.39 is 11.9 Å². The largest absolute Gasteiger partial charge is 0.481 e. The summed E-state index contributed by atoms with van der Waals surface area (Å²) in [6, 6.07) is 6.35. The van der Waals surface area contributed by atoms with Gasteiger partial charge in [0.1, 0.15) is 16.5 Å². The van der Waals surface area contributed by atoms with Crippen LogP contribution in [0, 0.1) is 11.3 Å². The third-order valence-corrected chi connectivity index (χ3v) is 5.88. The number of hydrogen-bond acceptors (Lipinski definition) is 8. The van der Waals surface area contributed by atoms with Gasteiger partial charge in [-0.1, -0.05) is 11.3 Å². The normalized spacial score (nSPS) is 14.1. The molecule has 1 aliphatic heterocycles. The second kappa shape index (κ2) is 10.0. The zero-order valence-electron chi connectivity index (χ0n) is 16.7. The lowest BCUT2D eigenvalue weighted by atomic mass is 9.96. The van der Waals surface area contributed by atoms with Gasteiger partial charge in [0.05, 0.1) is 12.6 Å². The molecule has 1 fully saturated rings. The molecule has 1 aromatic heterocycles. The molecule has 0 bridgehead atoms. The van der Waals surface area contributed by atoms with Gasteiger partial charge in [-0.2, -0.15) is 0 Å². The lowest BCUT2D eigenvalue weighted by Crippen LogP contribution is -2.41. The van der Waals surface area contributed by atoms with Crippen LogP contribution in [0.3, 0.4) is 0 Å². The van der Waals surface area contributed by atoms with Gasteiger partial charge in [0.2, 0.25) is 5.91 Å². The number of amides is 1. The molecular formula is C20H23N5O5S. The highest BCUT2D eigenvalue weighted by atomic mass is 32.1. The Labute approximate surface area is 182 Å². The first kappa shape index (κ1) is 22.2. The smallest absolute Gasteiger partial charge is 0.355 e. The number of rotatable bonds is 8. The topological polar surface area (TPSA) is 159 Å². The summed E-state index contributed by atoms with van der Waals surface area (Å²) in [6.07, 6.45) is 2.63. The number of esters is 1. The molecule has 0 saturated carbocycles. The van der Waals surface area contributed by atoms with Crippen LogP contribution in [0.15, 0.2) is 30.5 Å². The molecule has 10 nitrogen and oxygen atoms in total. The Morgan fingerprint density at radius 3 is 2.55 bits per heavy atom. The minimum absolute atomic E-state index is 0.0634. The van der Waals surface area contributed by atoms with E-state index in [1.165, 1.54) is 17.5 Å². The van der Waals surface area contributed by atoms with Crippen molar-refractivity contribution >= 4 is 40.1 Å². The molecule has 31 heavy (non-hydrogen) atoms. The van der Waals surface area contributed by atoms with E-state index in [0.29, 0.717) is 47.3 Å². The number of piperidine rings is 1. The number of thiazole rings is 1. The minimum atomic E-state index is -0.943. The van der Waals surface area contributed by atoms with Crippen molar-refractivity contribution in [2.75, 3.05) is 24.5 Å². The van der Waals surface area contributed by atoms with Crippen molar-refractivity contribution in [3.05, 3.63) is 40.9 Å². The second-order valence-electron chi connectivity index (χ2n) is 7.03. The number of benzene rings is 1. The number of aliphatic carboxylic acids is 1. The zero-order chi connectivity index (χ0) is 22.4. The molecule has 0 radical (unpaired) electrons. The number of carboxylic acid groups (broad SMARTS) is 1. The van der Waals surface area contributed by atoms with Gasteiger partial charge in [0.25, 0.3) is 0 Å². The van der Waals surface area contributed by atoms with Crippen LogP contribution < -0.4 is 20.7 Å².